The smallest absolute Gasteiger partial charge is 0.166 e. The van der Waals surface area contributed by atoms with Crippen LogP contribution in [-0.4, -0.2) is 0 Å². The minimum absolute atomic E-state index is 0.0604. The van der Waals surface area contributed by atoms with E-state index in [9.17, 15) is 4.39 Å². The molecule has 2 aromatic carbocycles. The van der Waals surface area contributed by atoms with Gasteiger partial charge in [-0.15, -0.1) is 0 Å². The lowest BCUT2D eigenvalue weighted by Gasteiger charge is -2.11. The summed E-state index contributed by atoms with van der Waals surface area (Å²) in [5, 5.41) is 0. The van der Waals surface area contributed by atoms with Crippen molar-refractivity contribution in [3.63, 3.8) is 0 Å². The molecule has 0 heterocycles. The number of ether oxygens (including phenoxy) is 1. The topological polar surface area (TPSA) is 35.2 Å². The monoisotopic (exact) mass is 387 g/mol. The molecule has 19 heavy (non-hydrogen) atoms. The Morgan fingerprint density at radius 2 is 1.79 bits per heavy atom. The molecule has 0 aliphatic rings. The van der Waals surface area contributed by atoms with Gasteiger partial charge in [0.1, 0.15) is 5.75 Å². The molecule has 2 nitrogen and oxygen atoms in total. The first-order valence-electron chi connectivity index (χ1n) is 5.65. The Morgan fingerprint density at radius 3 is 2.37 bits per heavy atom. The van der Waals surface area contributed by atoms with Crippen molar-refractivity contribution in [2.24, 2.45) is 5.73 Å². The fourth-order valence-electron chi connectivity index (χ4n) is 1.56. The van der Waals surface area contributed by atoms with Crippen LogP contribution in [0.5, 0.6) is 11.5 Å². The summed E-state index contributed by atoms with van der Waals surface area (Å²) in [6, 6.07) is 10.1. The summed E-state index contributed by atoms with van der Waals surface area (Å²) in [5.74, 6) is 0.306. The van der Waals surface area contributed by atoms with E-state index in [2.05, 4.69) is 31.9 Å². The number of nitrogens with two attached hydrogens (primary N) is 1. The highest BCUT2D eigenvalue weighted by Crippen LogP contribution is 2.33. The van der Waals surface area contributed by atoms with E-state index in [-0.39, 0.29) is 11.8 Å². The summed E-state index contributed by atoms with van der Waals surface area (Å²) in [4.78, 5) is 0. The lowest BCUT2D eigenvalue weighted by atomic mass is 10.1. The standard InChI is InChI=1S/C14H12Br2FNO/c1-8(18)9-2-4-13(11(16)6-9)19-14-5-3-10(15)7-12(14)17/h2-8H,18H2,1H3/t8-/m1/s1. The number of halogens is 3. The molecule has 0 radical (unpaired) electrons. The summed E-state index contributed by atoms with van der Waals surface area (Å²) >= 11 is 6.60. The minimum Gasteiger partial charge on any atom is -0.453 e. The SMILES string of the molecule is C[C@@H](N)c1ccc(Oc2ccc(Br)cc2F)c(Br)c1. The Kier molecular flexibility index (Phi) is 4.60. The first kappa shape index (κ1) is 14.5. The summed E-state index contributed by atoms with van der Waals surface area (Å²) in [7, 11) is 0. The highest BCUT2D eigenvalue weighted by molar-refractivity contribution is 9.10. The van der Waals surface area contributed by atoms with E-state index < -0.39 is 5.82 Å². The average molecular weight is 389 g/mol. The van der Waals surface area contributed by atoms with Gasteiger partial charge in [0.25, 0.3) is 0 Å². The third-order valence-electron chi connectivity index (χ3n) is 2.60. The van der Waals surface area contributed by atoms with Crippen LogP contribution in [-0.2, 0) is 0 Å². The predicted octanol–water partition coefficient (Wildman–Crippen LogP) is 5.16. The Bertz CT molecular complexity index is 602. The van der Waals surface area contributed by atoms with Gasteiger partial charge >= 0.3 is 0 Å². The van der Waals surface area contributed by atoms with E-state index >= 15 is 0 Å². The molecule has 0 amide bonds. The summed E-state index contributed by atoms with van der Waals surface area (Å²) in [6.07, 6.45) is 0. The van der Waals surface area contributed by atoms with Crippen LogP contribution < -0.4 is 10.5 Å². The molecule has 0 spiro atoms. The summed E-state index contributed by atoms with van der Waals surface area (Å²) in [6.45, 7) is 1.90. The van der Waals surface area contributed by atoms with Crippen LogP contribution in [0.25, 0.3) is 0 Å². The minimum atomic E-state index is -0.419. The Hall–Kier alpha value is -0.910. The molecule has 100 valence electrons. The number of benzene rings is 2. The van der Waals surface area contributed by atoms with Crippen LogP contribution in [0, 0.1) is 5.82 Å². The van der Waals surface area contributed by atoms with Crippen molar-refractivity contribution in [3.05, 3.63) is 56.7 Å². The Balaban J connectivity index is 2.28. The van der Waals surface area contributed by atoms with Gasteiger partial charge in [0.15, 0.2) is 11.6 Å². The van der Waals surface area contributed by atoms with Gasteiger partial charge in [-0.3, -0.25) is 0 Å². The largest absolute Gasteiger partial charge is 0.453 e. The Labute approximate surface area is 128 Å². The highest BCUT2D eigenvalue weighted by atomic mass is 79.9. The molecule has 5 heteroatoms. The normalized spacial score (nSPS) is 12.3. The molecule has 0 saturated heterocycles. The van der Waals surface area contributed by atoms with E-state index in [1.54, 1.807) is 18.2 Å². The van der Waals surface area contributed by atoms with Crippen LogP contribution in [0.2, 0.25) is 0 Å². The molecule has 0 aromatic heterocycles. The van der Waals surface area contributed by atoms with Crippen molar-refractivity contribution in [1.82, 2.24) is 0 Å². The van der Waals surface area contributed by atoms with Gasteiger partial charge in [-0.2, -0.15) is 0 Å². The molecule has 0 aliphatic heterocycles. The second-order valence-electron chi connectivity index (χ2n) is 4.16. The van der Waals surface area contributed by atoms with Crippen LogP contribution in [0.4, 0.5) is 4.39 Å². The lowest BCUT2D eigenvalue weighted by Crippen LogP contribution is -2.04. The van der Waals surface area contributed by atoms with E-state index in [0.29, 0.717) is 10.2 Å². The lowest BCUT2D eigenvalue weighted by molar-refractivity contribution is 0.439. The van der Waals surface area contributed by atoms with Gasteiger partial charge in [0.2, 0.25) is 0 Å². The van der Waals surface area contributed by atoms with Gasteiger partial charge in [-0.25, -0.2) is 4.39 Å². The number of rotatable bonds is 3. The first-order valence-corrected chi connectivity index (χ1v) is 7.24. The van der Waals surface area contributed by atoms with E-state index in [1.165, 1.54) is 6.07 Å². The van der Waals surface area contributed by atoms with E-state index in [1.807, 2.05) is 19.1 Å². The molecule has 2 rings (SSSR count). The molecule has 0 aliphatic carbocycles. The zero-order valence-electron chi connectivity index (χ0n) is 10.2. The average Bonchev–Trinajstić information content (AvgIpc) is 2.34. The molecule has 0 fully saturated rings. The summed E-state index contributed by atoms with van der Waals surface area (Å²) in [5.41, 5.74) is 6.78. The zero-order chi connectivity index (χ0) is 14.0. The quantitative estimate of drug-likeness (QED) is 0.787. The molecule has 0 unspecified atom stereocenters. The molecule has 2 aromatic rings. The van der Waals surface area contributed by atoms with Gasteiger partial charge in [0, 0.05) is 10.5 Å². The van der Waals surface area contributed by atoms with Gasteiger partial charge in [-0.05, 0) is 58.7 Å². The van der Waals surface area contributed by atoms with Crippen LogP contribution >= 0.6 is 31.9 Å². The second-order valence-corrected chi connectivity index (χ2v) is 5.93. The van der Waals surface area contributed by atoms with Crippen molar-refractivity contribution in [3.8, 4) is 11.5 Å². The second kappa shape index (κ2) is 6.03. The van der Waals surface area contributed by atoms with Crippen LogP contribution in [0.3, 0.4) is 0 Å². The third kappa shape index (κ3) is 3.55. The van der Waals surface area contributed by atoms with Crippen LogP contribution in [0.1, 0.15) is 18.5 Å². The molecule has 0 bridgehead atoms. The van der Waals surface area contributed by atoms with E-state index in [0.717, 1.165) is 10.0 Å². The van der Waals surface area contributed by atoms with Crippen molar-refractivity contribution in [1.29, 1.82) is 0 Å². The highest BCUT2D eigenvalue weighted by Gasteiger charge is 2.09. The van der Waals surface area contributed by atoms with Crippen molar-refractivity contribution in [2.75, 3.05) is 0 Å². The molecule has 2 N–H and O–H groups in total. The third-order valence-corrected chi connectivity index (χ3v) is 3.71. The Morgan fingerprint density at radius 1 is 1.11 bits per heavy atom. The van der Waals surface area contributed by atoms with Crippen molar-refractivity contribution in [2.45, 2.75) is 13.0 Å². The zero-order valence-corrected chi connectivity index (χ0v) is 13.3. The van der Waals surface area contributed by atoms with E-state index in [4.69, 9.17) is 10.5 Å². The fraction of sp³-hybridized carbons (Fsp3) is 0.143. The maximum Gasteiger partial charge on any atom is 0.166 e. The van der Waals surface area contributed by atoms with Crippen molar-refractivity contribution < 1.29 is 9.13 Å². The number of hydrogen-bond acceptors (Lipinski definition) is 2. The van der Waals surface area contributed by atoms with Crippen LogP contribution in [0.15, 0.2) is 45.3 Å². The first-order chi connectivity index (χ1) is 8.97. The maximum absolute atomic E-state index is 13.7. The maximum atomic E-state index is 13.7. The predicted molar refractivity (Wildman–Crippen MR) is 80.9 cm³/mol. The van der Waals surface area contributed by atoms with Gasteiger partial charge < -0.3 is 10.5 Å². The molecular formula is C14H12Br2FNO. The molecule has 1 atom stereocenters. The van der Waals surface area contributed by atoms with Gasteiger partial charge in [0.05, 0.1) is 4.47 Å². The molecular weight excluding hydrogens is 377 g/mol. The number of hydrogen-bond donors (Lipinski definition) is 1. The fourth-order valence-corrected chi connectivity index (χ4v) is 2.37. The van der Waals surface area contributed by atoms with Crippen molar-refractivity contribution >= 4 is 31.9 Å². The van der Waals surface area contributed by atoms with Gasteiger partial charge in [-0.1, -0.05) is 22.0 Å². The summed E-state index contributed by atoms with van der Waals surface area (Å²) < 4.78 is 20.6. The molecule has 0 saturated carbocycles.